The molecule has 1 amide bonds. The summed E-state index contributed by atoms with van der Waals surface area (Å²) in [4.78, 5) is 14.3. The maximum absolute atomic E-state index is 12.7. The van der Waals surface area contributed by atoms with Crippen LogP contribution in [0.15, 0.2) is 89.8 Å². The lowest BCUT2D eigenvalue weighted by atomic mass is 10.1. The molecular formula is C24H26N2O3S. The number of hydrogen-bond donors (Lipinski definition) is 1. The number of anilines is 1. The Bertz CT molecular complexity index is 1070. The van der Waals surface area contributed by atoms with Gasteiger partial charge in [-0.25, -0.2) is 13.1 Å². The van der Waals surface area contributed by atoms with Gasteiger partial charge in [-0.2, -0.15) is 0 Å². The van der Waals surface area contributed by atoms with Crippen LogP contribution in [0, 0.1) is 0 Å². The van der Waals surface area contributed by atoms with Crippen molar-refractivity contribution in [2.45, 2.75) is 30.7 Å². The number of para-hydroxylation sites is 1. The molecule has 0 bridgehead atoms. The van der Waals surface area contributed by atoms with Crippen LogP contribution in [-0.4, -0.2) is 21.4 Å². The largest absolute Gasteiger partial charge is 0.315 e. The van der Waals surface area contributed by atoms with Gasteiger partial charge in [0.15, 0.2) is 0 Å². The molecule has 0 aromatic heterocycles. The lowest BCUT2D eigenvalue weighted by Gasteiger charge is -2.17. The summed E-state index contributed by atoms with van der Waals surface area (Å²) in [6.45, 7) is 1.82. The molecule has 6 heteroatoms. The summed E-state index contributed by atoms with van der Waals surface area (Å²) in [5.41, 5.74) is 2.67. The molecule has 0 radical (unpaired) electrons. The van der Waals surface area contributed by atoms with Crippen molar-refractivity contribution in [1.82, 2.24) is 4.72 Å². The molecule has 0 aliphatic carbocycles. The third-order valence-electron chi connectivity index (χ3n) is 5.01. The summed E-state index contributed by atoms with van der Waals surface area (Å²) in [6, 6.07) is 25.3. The zero-order chi connectivity index (χ0) is 21.6. The molecule has 1 N–H and O–H groups in total. The molecule has 30 heavy (non-hydrogen) atoms. The standard InChI is InChI=1S/C24H26N2O3S/c1-19(21-9-5-3-6-10-21)25-30(28,29)23-16-13-20(14-17-23)15-18-24(27)26(2)22-11-7-4-8-12-22/h3-14,16-17,19,25H,15,18H2,1-2H3/t19-/m0/s1. The van der Waals surface area contributed by atoms with Crippen LogP contribution in [0.2, 0.25) is 0 Å². The van der Waals surface area contributed by atoms with Crippen LogP contribution in [0.5, 0.6) is 0 Å². The summed E-state index contributed by atoms with van der Waals surface area (Å²) in [5, 5.41) is 0. The molecule has 3 aromatic carbocycles. The number of nitrogens with one attached hydrogen (secondary N) is 1. The van der Waals surface area contributed by atoms with Crippen molar-refractivity contribution >= 4 is 21.6 Å². The Labute approximate surface area is 178 Å². The Hall–Kier alpha value is -2.96. The molecule has 0 aliphatic rings. The van der Waals surface area contributed by atoms with Gasteiger partial charge in [0, 0.05) is 25.2 Å². The molecule has 0 saturated carbocycles. The van der Waals surface area contributed by atoms with E-state index in [1.54, 1.807) is 36.2 Å². The topological polar surface area (TPSA) is 66.5 Å². The smallest absolute Gasteiger partial charge is 0.241 e. The molecule has 0 spiro atoms. The number of amides is 1. The minimum absolute atomic E-state index is 0.0104. The summed E-state index contributed by atoms with van der Waals surface area (Å²) in [7, 11) is -1.87. The van der Waals surface area contributed by atoms with Crippen LogP contribution >= 0.6 is 0 Å². The molecule has 0 heterocycles. The first-order valence-electron chi connectivity index (χ1n) is 9.84. The van der Waals surface area contributed by atoms with Gasteiger partial charge < -0.3 is 4.90 Å². The van der Waals surface area contributed by atoms with Gasteiger partial charge in [-0.15, -0.1) is 0 Å². The summed E-state index contributed by atoms with van der Waals surface area (Å²) in [5.74, 6) is 0.0104. The molecule has 0 saturated heterocycles. The minimum Gasteiger partial charge on any atom is -0.315 e. The van der Waals surface area contributed by atoms with Crippen LogP contribution in [0.4, 0.5) is 5.69 Å². The van der Waals surface area contributed by atoms with Gasteiger partial charge in [0.1, 0.15) is 0 Å². The minimum atomic E-state index is -3.63. The van der Waals surface area contributed by atoms with E-state index in [1.165, 1.54) is 0 Å². The van der Waals surface area contributed by atoms with Crippen LogP contribution in [0.3, 0.4) is 0 Å². The van der Waals surface area contributed by atoms with Gasteiger partial charge in [0.05, 0.1) is 4.90 Å². The zero-order valence-corrected chi connectivity index (χ0v) is 18.0. The fraction of sp³-hybridized carbons (Fsp3) is 0.208. The fourth-order valence-electron chi connectivity index (χ4n) is 3.16. The highest BCUT2D eigenvalue weighted by atomic mass is 32.2. The van der Waals surface area contributed by atoms with E-state index in [4.69, 9.17) is 0 Å². The van der Waals surface area contributed by atoms with Gasteiger partial charge in [-0.3, -0.25) is 4.79 Å². The van der Waals surface area contributed by atoms with E-state index in [0.29, 0.717) is 12.8 Å². The number of aryl methyl sites for hydroxylation is 1. The van der Waals surface area contributed by atoms with Crippen molar-refractivity contribution in [3.8, 4) is 0 Å². The lowest BCUT2D eigenvalue weighted by molar-refractivity contribution is -0.118. The first-order chi connectivity index (χ1) is 14.4. The average molecular weight is 423 g/mol. The first kappa shape index (κ1) is 21.7. The van der Waals surface area contributed by atoms with Crippen molar-refractivity contribution in [1.29, 1.82) is 0 Å². The molecule has 3 aromatic rings. The van der Waals surface area contributed by atoms with E-state index >= 15 is 0 Å². The second-order valence-corrected chi connectivity index (χ2v) is 8.90. The normalized spacial score (nSPS) is 12.3. The number of benzene rings is 3. The average Bonchev–Trinajstić information content (AvgIpc) is 2.78. The summed E-state index contributed by atoms with van der Waals surface area (Å²) >= 11 is 0. The Balaban J connectivity index is 1.59. The van der Waals surface area contributed by atoms with Crippen molar-refractivity contribution in [3.05, 3.63) is 96.1 Å². The zero-order valence-electron chi connectivity index (χ0n) is 17.2. The third-order valence-corrected chi connectivity index (χ3v) is 6.57. The van der Waals surface area contributed by atoms with Crippen LogP contribution in [-0.2, 0) is 21.2 Å². The second-order valence-electron chi connectivity index (χ2n) is 7.19. The lowest BCUT2D eigenvalue weighted by Crippen LogP contribution is -2.27. The molecule has 0 fully saturated rings. The Morgan fingerprint density at radius 2 is 1.47 bits per heavy atom. The predicted molar refractivity (Wildman–Crippen MR) is 120 cm³/mol. The number of rotatable bonds is 8. The van der Waals surface area contributed by atoms with Gasteiger partial charge in [-0.05, 0) is 48.7 Å². The first-order valence-corrected chi connectivity index (χ1v) is 11.3. The maximum atomic E-state index is 12.7. The molecule has 3 rings (SSSR count). The van der Waals surface area contributed by atoms with E-state index in [1.807, 2.05) is 67.6 Å². The highest BCUT2D eigenvalue weighted by Gasteiger charge is 2.18. The van der Waals surface area contributed by atoms with Crippen molar-refractivity contribution in [2.24, 2.45) is 0 Å². The van der Waals surface area contributed by atoms with E-state index < -0.39 is 10.0 Å². The quantitative estimate of drug-likeness (QED) is 0.588. The summed E-state index contributed by atoms with van der Waals surface area (Å²) < 4.78 is 28.0. The van der Waals surface area contributed by atoms with E-state index in [0.717, 1.165) is 16.8 Å². The number of hydrogen-bond acceptors (Lipinski definition) is 3. The third kappa shape index (κ3) is 5.55. The second kappa shape index (κ2) is 9.69. The molecule has 1 atom stereocenters. The van der Waals surface area contributed by atoms with Crippen molar-refractivity contribution < 1.29 is 13.2 Å². The number of carbonyl (C=O) groups excluding carboxylic acids is 1. The number of carbonyl (C=O) groups is 1. The molecule has 0 unspecified atom stereocenters. The maximum Gasteiger partial charge on any atom is 0.241 e. The predicted octanol–water partition coefficient (Wildman–Crippen LogP) is 4.32. The molecule has 5 nitrogen and oxygen atoms in total. The van der Waals surface area contributed by atoms with Gasteiger partial charge in [0.2, 0.25) is 15.9 Å². The van der Waals surface area contributed by atoms with Gasteiger partial charge in [-0.1, -0.05) is 60.7 Å². The van der Waals surface area contributed by atoms with Crippen LogP contribution in [0.25, 0.3) is 0 Å². The summed E-state index contributed by atoms with van der Waals surface area (Å²) in [6.07, 6.45) is 0.894. The monoisotopic (exact) mass is 422 g/mol. The van der Waals surface area contributed by atoms with E-state index in [9.17, 15) is 13.2 Å². The molecular weight excluding hydrogens is 396 g/mol. The van der Waals surface area contributed by atoms with Gasteiger partial charge in [0.25, 0.3) is 0 Å². The Kier molecular flexibility index (Phi) is 7.03. The molecule has 156 valence electrons. The number of sulfonamides is 1. The van der Waals surface area contributed by atoms with E-state index in [-0.39, 0.29) is 16.8 Å². The number of nitrogens with zero attached hydrogens (tertiary/aromatic N) is 1. The van der Waals surface area contributed by atoms with Crippen molar-refractivity contribution in [3.63, 3.8) is 0 Å². The van der Waals surface area contributed by atoms with Crippen LogP contribution in [0.1, 0.15) is 30.5 Å². The Morgan fingerprint density at radius 1 is 0.900 bits per heavy atom. The highest BCUT2D eigenvalue weighted by molar-refractivity contribution is 7.89. The fourth-order valence-corrected chi connectivity index (χ4v) is 4.39. The van der Waals surface area contributed by atoms with Crippen LogP contribution < -0.4 is 9.62 Å². The molecule has 0 aliphatic heterocycles. The van der Waals surface area contributed by atoms with Gasteiger partial charge >= 0.3 is 0 Å². The van der Waals surface area contributed by atoms with Crippen molar-refractivity contribution in [2.75, 3.05) is 11.9 Å². The SMILES string of the molecule is C[C@H](NS(=O)(=O)c1ccc(CCC(=O)N(C)c2ccccc2)cc1)c1ccccc1. The highest BCUT2D eigenvalue weighted by Crippen LogP contribution is 2.18. The Morgan fingerprint density at radius 3 is 2.07 bits per heavy atom. The van der Waals surface area contributed by atoms with E-state index in [2.05, 4.69) is 4.72 Å².